The van der Waals surface area contributed by atoms with Gasteiger partial charge in [0, 0.05) is 10.1 Å². The van der Waals surface area contributed by atoms with Crippen molar-refractivity contribution in [1.29, 1.82) is 0 Å². The molecule has 0 aromatic heterocycles. The van der Waals surface area contributed by atoms with Crippen LogP contribution in [0.1, 0.15) is 104 Å². The molecule has 0 aliphatic heterocycles. The highest BCUT2D eigenvalue weighted by atomic mass is 32.2. The molecule has 0 spiro atoms. The number of unbranched alkanes of at least 4 members (excludes halogenated alkanes) is 8. The molecule has 1 aromatic carbocycles. The van der Waals surface area contributed by atoms with Gasteiger partial charge in [0.2, 0.25) is 0 Å². The Kier molecular flexibility index (Phi) is 15.0. The zero-order chi connectivity index (χ0) is 19.7. The van der Waals surface area contributed by atoms with Crippen molar-refractivity contribution in [1.82, 2.24) is 0 Å². The van der Waals surface area contributed by atoms with Gasteiger partial charge in [0.1, 0.15) is 0 Å². The molecule has 1 nitrogen and oxygen atoms in total. The zero-order valence-corrected chi connectivity index (χ0v) is 19.0. The Hall–Kier alpha value is -0.470. The van der Waals surface area contributed by atoms with Crippen molar-refractivity contribution >= 4 is 11.8 Å². The minimum absolute atomic E-state index is 0.172. The monoisotopic (exact) mass is 392 g/mol. The molecule has 0 aliphatic rings. The molecular weight excluding hydrogens is 348 g/mol. The second-order valence-electron chi connectivity index (χ2n) is 8.48. The fourth-order valence-corrected chi connectivity index (χ4v) is 4.82. The molecule has 0 aliphatic carbocycles. The molecule has 0 amide bonds. The summed E-state index contributed by atoms with van der Waals surface area (Å²) < 4.78 is 0. The second-order valence-corrected chi connectivity index (χ2v) is 9.79. The van der Waals surface area contributed by atoms with Crippen LogP contribution in [0.4, 0.5) is 0 Å². The van der Waals surface area contributed by atoms with E-state index in [1.807, 2.05) is 11.8 Å². The summed E-state index contributed by atoms with van der Waals surface area (Å²) in [6.45, 7) is 6.87. The molecule has 156 valence electrons. The lowest BCUT2D eigenvalue weighted by Gasteiger charge is -2.23. The first kappa shape index (κ1) is 24.6. The lowest BCUT2D eigenvalue weighted by atomic mass is 10.00. The van der Waals surface area contributed by atoms with E-state index in [2.05, 4.69) is 51.1 Å². The molecule has 1 N–H and O–H groups in total. The first-order chi connectivity index (χ1) is 13.1. The molecule has 27 heavy (non-hydrogen) atoms. The first-order valence-corrected chi connectivity index (χ1v) is 12.4. The van der Waals surface area contributed by atoms with Gasteiger partial charge in [-0.15, -0.1) is 11.8 Å². The van der Waals surface area contributed by atoms with Gasteiger partial charge in [-0.1, -0.05) is 110 Å². The third-order valence-corrected chi connectivity index (χ3v) is 6.73. The van der Waals surface area contributed by atoms with Crippen LogP contribution in [0.3, 0.4) is 0 Å². The van der Waals surface area contributed by atoms with Crippen LogP contribution in [0.2, 0.25) is 0 Å². The Morgan fingerprint density at radius 3 is 1.93 bits per heavy atom. The molecule has 0 fully saturated rings. The lowest BCUT2D eigenvalue weighted by Crippen LogP contribution is -2.23. The highest BCUT2D eigenvalue weighted by Gasteiger charge is 2.20. The van der Waals surface area contributed by atoms with Crippen molar-refractivity contribution in [3.8, 4) is 0 Å². The number of aliphatic hydroxyl groups excluding tert-OH is 1. The highest BCUT2D eigenvalue weighted by molar-refractivity contribution is 8.00. The van der Waals surface area contributed by atoms with Crippen LogP contribution in [0.15, 0.2) is 35.2 Å². The van der Waals surface area contributed by atoms with Gasteiger partial charge in [0.15, 0.2) is 0 Å². The van der Waals surface area contributed by atoms with Crippen LogP contribution < -0.4 is 0 Å². The van der Waals surface area contributed by atoms with E-state index in [1.165, 1.54) is 75.5 Å². The second kappa shape index (κ2) is 16.5. The van der Waals surface area contributed by atoms with E-state index >= 15 is 0 Å². The molecule has 0 unspecified atom stereocenters. The number of thioether (sulfide) groups is 1. The van der Waals surface area contributed by atoms with Crippen molar-refractivity contribution < 1.29 is 5.11 Å². The molecule has 0 heterocycles. The van der Waals surface area contributed by atoms with Gasteiger partial charge in [-0.3, -0.25) is 0 Å². The standard InChI is InChI=1S/C25H44OS/c1-4-5-6-7-8-9-10-14-20-24(26)25(21-16-15-17-22(2)3)27-23-18-12-11-13-19-23/h11-13,18-19,22,24-26H,4-10,14-17,20-21H2,1-3H3/t24-,25+/m1/s1. The van der Waals surface area contributed by atoms with E-state index in [4.69, 9.17) is 0 Å². The van der Waals surface area contributed by atoms with Crippen LogP contribution in [0.5, 0.6) is 0 Å². The van der Waals surface area contributed by atoms with Gasteiger partial charge in [-0.2, -0.15) is 0 Å². The Bertz CT molecular complexity index is 431. The Morgan fingerprint density at radius 1 is 0.741 bits per heavy atom. The smallest absolute Gasteiger partial charge is 0.0662 e. The SMILES string of the molecule is CCCCCCCCCC[C@@H](O)[C@H](CCCCC(C)C)Sc1ccccc1. The van der Waals surface area contributed by atoms with E-state index in [1.54, 1.807) is 0 Å². The van der Waals surface area contributed by atoms with E-state index < -0.39 is 0 Å². The van der Waals surface area contributed by atoms with Crippen LogP contribution in [-0.4, -0.2) is 16.5 Å². The van der Waals surface area contributed by atoms with Crippen LogP contribution >= 0.6 is 11.8 Å². The predicted molar refractivity (Wildman–Crippen MR) is 123 cm³/mol. The highest BCUT2D eigenvalue weighted by Crippen LogP contribution is 2.31. The van der Waals surface area contributed by atoms with Gasteiger partial charge in [-0.25, -0.2) is 0 Å². The average Bonchev–Trinajstić information content (AvgIpc) is 2.66. The number of aliphatic hydroxyl groups is 1. The van der Waals surface area contributed by atoms with Gasteiger partial charge in [0.25, 0.3) is 0 Å². The Labute approximate surface area is 173 Å². The maximum Gasteiger partial charge on any atom is 0.0662 e. The van der Waals surface area contributed by atoms with Gasteiger partial charge >= 0.3 is 0 Å². The van der Waals surface area contributed by atoms with Crippen LogP contribution in [-0.2, 0) is 0 Å². The molecule has 2 atom stereocenters. The summed E-state index contributed by atoms with van der Waals surface area (Å²) in [5, 5.41) is 11.2. The van der Waals surface area contributed by atoms with E-state index in [0.717, 1.165) is 18.8 Å². The van der Waals surface area contributed by atoms with E-state index in [0.29, 0.717) is 5.25 Å². The summed E-state index contributed by atoms with van der Waals surface area (Å²) in [5.41, 5.74) is 0. The Morgan fingerprint density at radius 2 is 1.30 bits per heavy atom. The van der Waals surface area contributed by atoms with Crippen LogP contribution in [0, 0.1) is 5.92 Å². The summed E-state index contributed by atoms with van der Waals surface area (Å²) in [6, 6.07) is 10.6. The first-order valence-electron chi connectivity index (χ1n) is 11.5. The third-order valence-electron chi connectivity index (χ3n) is 5.33. The topological polar surface area (TPSA) is 20.2 Å². The number of hydrogen-bond acceptors (Lipinski definition) is 2. The average molecular weight is 393 g/mol. The summed E-state index contributed by atoms with van der Waals surface area (Å²) >= 11 is 1.88. The maximum absolute atomic E-state index is 10.8. The minimum Gasteiger partial charge on any atom is -0.392 e. The maximum atomic E-state index is 10.8. The summed E-state index contributed by atoms with van der Waals surface area (Å²) in [4.78, 5) is 1.29. The van der Waals surface area contributed by atoms with E-state index in [-0.39, 0.29) is 6.10 Å². The largest absolute Gasteiger partial charge is 0.392 e. The Balaban J connectivity index is 2.32. The van der Waals surface area contributed by atoms with Crippen molar-refractivity contribution in [2.24, 2.45) is 5.92 Å². The molecule has 0 saturated heterocycles. The summed E-state index contributed by atoms with van der Waals surface area (Å²) in [6.07, 6.45) is 16.4. The molecule has 1 rings (SSSR count). The van der Waals surface area contributed by atoms with Gasteiger partial charge < -0.3 is 5.11 Å². The third kappa shape index (κ3) is 13.4. The number of hydrogen-bond donors (Lipinski definition) is 1. The number of benzene rings is 1. The fourth-order valence-electron chi connectivity index (χ4n) is 3.58. The van der Waals surface area contributed by atoms with Crippen molar-refractivity contribution in [2.45, 2.75) is 120 Å². The van der Waals surface area contributed by atoms with Crippen molar-refractivity contribution in [3.63, 3.8) is 0 Å². The zero-order valence-electron chi connectivity index (χ0n) is 18.2. The lowest BCUT2D eigenvalue weighted by molar-refractivity contribution is 0.153. The molecule has 1 aromatic rings. The predicted octanol–water partition coefficient (Wildman–Crippen LogP) is 8.26. The molecule has 0 saturated carbocycles. The summed E-state index contributed by atoms with van der Waals surface area (Å²) in [7, 11) is 0. The normalized spacial score (nSPS) is 13.8. The van der Waals surface area contributed by atoms with Gasteiger partial charge in [-0.05, 0) is 30.9 Å². The van der Waals surface area contributed by atoms with E-state index in [9.17, 15) is 5.11 Å². The van der Waals surface area contributed by atoms with Crippen molar-refractivity contribution in [3.05, 3.63) is 30.3 Å². The molecule has 0 radical (unpaired) electrons. The molecular formula is C25H44OS. The molecule has 0 bridgehead atoms. The quantitative estimate of drug-likeness (QED) is 0.213. The van der Waals surface area contributed by atoms with Gasteiger partial charge in [0.05, 0.1) is 6.10 Å². The van der Waals surface area contributed by atoms with Crippen molar-refractivity contribution in [2.75, 3.05) is 0 Å². The fraction of sp³-hybridized carbons (Fsp3) is 0.760. The van der Waals surface area contributed by atoms with Crippen LogP contribution in [0.25, 0.3) is 0 Å². The minimum atomic E-state index is -0.172. The number of rotatable bonds is 17. The molecule has 2 heteroatoms. The summed E-state index contributed by atoms with van der Waals surface area (Å²) in [5.74, 6) is 0.785.